The van der Waals surface area contributed by atoms with Gasteiger partial charge in [-0.15, -0.1) is 0 Å². The molecule has 1 aromatic carbocycles. The van der Waals surface area contributed by atoms with E-state index in [0.29, 0.717) is 43.3 Å². The summed E-state index contributed by atoms with van der Waals surface area (Å²) in [5, 5.41) is 3.33. The lowest BCUT2D eigenvalue weighted by molar-refractivity contribution is 0.0614. The summed E-state index contributed by atoms with van der Waals surface area (Å²) in [7, 11) is 4.69. The minimum Gasteiger partial charge on any atom is -0.497 e. The Morgan fingerprint density at radius 1 is 1.25 bits per heavy atom. The zero-order valence-electron chi connectivity index (χ0n) is 19.6. The molecule has 0 saturated carbocycles. The lowest BCUT2D eigenvalue weighted by atomic mass is 10.1. The van der Waals surface area contributed by atoms with E-state index in [1.807, 2.05) is 39.0 Å². The maximum Gasteiger partial charge on any atom is 0.409 e. The van der Waals surface area contributed by atoms with Crippen molar-refractivity contribution in [3.63, 3.8) is 0 Å². The molecule has 2 unspecified atom stereocenters. The van der Waals surface area contributed by atoms with Crippen LogP contribution in [0, 0.1) is 6.92 Å². The van der Waals surface area contributed by atoms with Crippen LogP contribution in [-0.4, -0.2) is 66.6 Å². The van der Waals surface area contributed by atoms with Gasteiger partial charge in [-0.1, -0.05) is 6.92 Å². The Kier molecular flexibility index (Phi) is 7.40. The van der Waals surface area contributed by atoms with Gasteiger partial charge < -0.3 is 24.4 Å². The van der Waals surface area contributed by atoms with Crippen molar-refractivity contribution in [1.29, 1.82) is 0 Å². The predicted octanol–water partition coefficient (Wildman–Crippen LogP) is 2.59. The molecular weight excluding hydrogens is 412 g/mol. The van der Waals surface area contributed by atoms with E-state index >= 15 is 0 Å². The van der Waals surface area contributed by atoms with Crippen molar-refractivity contribution in [2.45, 2.75) is 39.3 Å². The highest BCUT2D eigenvalue weighted by Crippen LogP contribution is 2.27. The largest absolute Gasteiger partial charge is 0.497 e. The van der Waals surface area contributed by atoms with Crippen LogP contribution in [0.3, 0.4) is 0 Å². The van der Waals surface area contributed by atoms with Crippen LogP contribution in [-0.2, 0) is 22.9 Å². The van der Waals surface area contributed by atoms with Gasteiger partial charge in [-0.25, -0.2) is 9.78 Å². The molecule has 3 rings (SSSR count). The Balaban J connectivity index is 1.98. The molecule has 0 bridgehead atoms. The number of aromatic nitrogens is 2. The van der Waals surface area contributed by atoms with Gasteiger partial charge in [0.1, 0.15) is 17.3 Å². The van der Waals surface area contributed by atoms with Crippen LogP contribution in [0.15, 0.2) is 23.0 Å². The van der Waals surface area contributed by atoms with E-state index in [0.717, 1.165) is 16.9 Å². The molecule has 0 aliphatic carbocycles. The zero-order valence-corrected chi connectivity index (χ0v) is 19.6. The summed E-state index contributed by atoms with van der Waals surface area (Å²) in [6, 6.07) is 5.45. The molecule has 174 valence electrons. The van der Waals surface area contributed by atoms with E-state index in [2.05, 4.69) is 5.32 Å². The number of carbonyl (C=O) groups is 1. The SMILES string of the molecule is CCOC1CN(C(=O)OC)CC1Nc1c(CC)nc(-c2ccc(OC)cc2C)n(C)c1=O. The van der Waals surface area contributed by atoms with Gasteiger partial charge in [0.2, 0.25) is 0 Å². The Morgan fingerprint density at radius 3 is 2.59 bits per heavy atom. The summed E-state index contributed by atoms with van der Waals surface area (Å²) >= 11 is 0. The van der Waals surface area contributed by atoms with Gasteiger partial charge in [0.05, 0.1) is 38.6 Å². The maximum atomic E-state index is 13.4. The fourth-order valence-electron chi connectivity index (χ4n) is 4.06. The van der Waals surface area contributed by atoms with E-state index < -0.39 is 6.09 Å². The van der Waals surface area contributed by atoms with Crippen LogP contribution < -0.4 is 15.6 Å². The summed E-state index contributed by atoms with van der Waals surface area (Å²) in [6.45, 7) is 7.12. The molecule has 1 aromatic heterocycles. The Morgan fingerprint density at radius 2 is 2.00 bits per heavy atom. The standard InChI is InChI=1S/C23H32N4O5/c1-7-17-20(24-18-12-27(23(29)31-6)13-19(18)32-8-2)22(28)26(4)21(25-17)16-10-9-15(30-5)11-14(16)3/h9-11,18-19,24H,7-8,12-13H2,1-6H3. The molecule has 1 aliphatic rings. The molecule has 32 heavy (non-hydrogen) atoms. The van der Waals surface area contributed by atoms with Gasteiger partial charge in [-0.3, -0.25) is 9.36 Å². The Hall–Kier alpha value is -3.07. The fraction of sp³-hybridized carbons (Fsp3) is 0.522. The number of amides is 1. The topological polar surface area (TPSA) is 94.9 Å². The molecule has 2 atom stereocenters. The third-order valence-corrected chi connectivity index (χ3v) is 5.78. The number of aryl methyl sites for hydroxylation is 2. The third kappa shape index (κ3) is 4.57. The van der Waals surface area contributed by atoms with E-state index in [4.69, 9.17) is 19.2 Å². The number of carbonyl (C=O) groups excluding carboxylic acids is 1. The number of nitrogens with one attached hydrogen (secondary N) is 1. The minimum absolute atomic E-state index is 0.172. The molecule has 1 saturated heterocycles. The summed E-state index contributed by atoms with van der Waals surface area (Å²) in [4.78, 5) is 31.8. The molecular formula is C23H32N4O5. The molecule has 1 aliphatic heterocycles. The molecule has 1 amide bonds. The number of methoxy groups -OCH3 is 2. The van der Waals surface area contributed by atoms with Gasteiger partial charge >= 0.3 is 6.09 Å². The van der Waals surface area contributed by atoms with Crippen LogP contribution in [0.5, 0.6) is 5.75 Å². The monoisotopic (exact) mass is 444 g/mol. The number of anilines is 1. The Labute approximate surface area is 188 Å². The lowest BCUT2D eigenvalue weighted by Crippen LogP contribution is -2.38. The number of hydrogen-bond donors (Lipinski definition) is 1. The first kappa shape index (κ1) is 23.6. The maximum absolute atomic E-state index is 13.4. The van der Waals surface area contributed by atoms with Crippen molar-refractivity contribution in [3.8, 4) is 17.1 Å². The van der Waals surface area contributed by atoms with Gasteiger partial charge in [0.15, 0.2) is 0 Å². The number of ether oxygens (including phenoxy) is 3. The van der Waals surface area contributed by atoms with Crippen LogP contribution >= 0.6 is 0 Å². The normalized spacial score (nSPS) is 18.0. The van der Waals surface area contributed by atoms with Crippen LogP contribution in [0.4, 0.5) is 10.5 Å². The summed E-state index contributed by atoms with van der Waals surface area (Å²) < 4.78 is 17.5. The molecule has 9 heteroatoms. The average molecular weight is 445 g/mol. The second-order valence-corrected chi connectivity index (χ2v) is 7.78. The second kappa shape index (κ2) is 10.0. The van der Waals surface area contributed by atoms with Crippen molar-refractivity contribution in [2.24, 2.45) is 7.05 Å². The lowest BCUT2D eigenvalue weighted by Gasteiger charge is -2.22. The summed E-state index contributed by atoms with van der Waals surface area (Å²) in [5.74, 6) is 1.35. The average Bonchev–Trinajstić information content (AvgIpc) is 3.19. The highest BCUT2D eigenvalue weighted by Gasteiger charge is 2.37. The number of rotatable bonds is 7. The number of nitrogens with zero attached hydrogens (tertiary/aromatic N) is 3. The van der Waals surface area contributed by atoms with Gasteiger partial charge in [0.25, 0.3) is 5.56 Å². The molecule has 0 radical (unpaired) electrons. The zero-order chi connectivity index (χ0) is 23.4. The highest BCUT2D eigenvalue weighted by molar-refractivity contribution is 5.68. The summed E-state index contributed by atoms with van der Waals surface area (Å²) in [6.07, 6.45) is -0.0871. The molecule has 1 fully saturated rings. The number of benzene rings is 1. The quantitative estimate of drug-likeness (QED) is 0.701. The van der Waals surface area contributed by atoms with Crippen molar-refractivity contribution >= 4 is 11.8 Å². The second-order valence-electron chi connectivity index (χ2n) is 7.78. The van der Waals surface area contributed by atoms with Gasteiger partial charge in [-0.05, 0) is 44.0 Å². The highest BCUT2D eigenvalue weighted by atomic mass is 16.5. The molecule has 2 heterocycles. The third-order valence-electron chi connectivity index (χ3n) is 5.78. The molecule has 9 nitrogen and oxygen atoms in total. The summed E-state index contributed by atoms with van der Waals surface area (Å²) in [5.41, 5.74) is 2.78. The van der Waals surface area contributed by atoms with Crippen LogP contribution in [0.2, 0.25) is 0 Å². The van der Waals surface area contributed by atoms with Crippen molar-refractivity contribution in [3.05, 3.63) is 39.8 Å². The van der Waals surface area contributed by atoms with Crippen molar-refractivity contribution in [1.82, 2.24) is 14.5 Å². The molecule has 0 spiro atoms. The van der Waals surface area contributed by atoms with E-state index in [1.165, 1.54) is 7.11 Å². The minimum atomic E-state index is -0.411. The Bertz CT molecular complexity index is 1040. The van der Waals surface area contributed by atoms with Crippen molar-refractivity contribution < 1.29 is 19.0 Å². The van der Waals surface area contributed by atoms with Gasteiger partial charge in [-0.2, -0.15) is 0 Å². The smallest absolute Gasteiger partial charge is 0.409 e. The first-order chi connectivity index (χ1) is 15.3. The number of likely N-dealkylation sites (tertiary alicyclic amines) is 1. The predicted molar refractivity (Wildman–Crippen MR) is 122 cm³/mol. The van der Waals surface area contributed by atoms with E-state index in [1.54, 1.807) is 23.6 Å². The van der Waals surface area contributed by atoms with E-state index in [9.17, 15) is 9.59 Å². The number of hydrogen-bond acceptors (Lipinski definition) is 7. The first-order valence-corrected chi connectivity index (χ1v) is 10.8. The van der Waals surface area contributed by atoms with Crippen LogP contribution in [0.25, 0.3) is 11.4 Å². The fourth-order valence-corrected chi connectivity index (χ4v) is 4.06. The van der Waals surface area contributed by atoms with Gasteiger partial charge in [0, 0.05) is 25.8 Å². The van der Waals surface area contributed by atoms with Crippen LogP contribution in [0.1, 0.15) is 25.1 Å². The molecule has 2 aromatic rings. The van der Waals surface area contributed by atoms with Crippen molar-refractivity contribution in [2.75, 3.05) is 39.2 Å². The van der Waals surface area contributed by atoms with E-state index in [-0.39, 0.29) is 17.7 Å². The molecule has 1 N–H and O–H groups in total. The first-order valence-electron chi connectivity index (χ1n) is 10.8.